The Labute approximate surface area is 68.1 Å². The molecule has 4 rings (SSSR count). The van der Waals surface area contributed by atoms with Crippen LogP contribution in [-0.2, 0) is 4.74 Å². The third-order valence-electron chi connectivity index (χ3n) is 4.69. The van der Waals surface area contributed by atoms with Crippen molar-refractivity contribution in [2.45, 2.75) is 38.7 Å². The summed E-state index contributed by atoms with van der Waals surface area (Å²) in [7, 11) is 0. The lowest BCUT2D eigenvalue weighted by Crippen LogP contribution is -2.56. The summed E-state index contributed by atoms with van der Waals surface area (Å²) in [6.07, 6.45) is 4.19. The van der Waals surface area contributed by atoms with E-state index in [1.165, 1.54) is 19.3 Å². The van der Waals surface area contributed by atoms with Crippen molar-refractivity contribution in [1.82, 2.24) is 0 Å². The van der Waals surface area contributed by atoms with Crippen LogP contribution in [0, 0.1) is 17.3 Å². The van der Waals surface area contributed by atoms with E-state index in [2.05, 4.69) is 13.8 Å². The van der Waals surface area contributed by atoms with E-state index >= 15 is 0 Å². The van der Waals surface area contributed by atoms with Gasteiger partial charge in [0.25, 0.3) is 0 Å². The third-order valence-corrected chi connectivity index (χ3v) is 4.69. The van der Waals surface area contributed by atoms with Gasteiger partial charge in [0.05, 0.1) is 12.2 Å². The van der Waals surface area contributed by atoms with Gasteiger partial charge in [-0.15, -0.1) is 0 Å². The topological polar surface area (TPSA) is 9.23 Å². The lowest BCUT2D eigenvalue weighted by molar-refractivity contribution is -0.101. The Morgan fingerprint density at radius 3 is 2.73 bits per heavy atom. The van der Waals surface area contributed by atoms with E-state index in [1.54, 1.807) is 0 Å². The van der Waals surface area contributed by atoms with Gasteiger partial charge in [-0.3, -0.25) is 0 Å². The maximum Gasteiger partial charge on any atom is 0.0689 e. The van der Waals surface area contributed by atoms with Crippen molar-refractivity contribution in [3.63, 3.8) is 0 Å². The minimum atomic E-state index is 0.281. The first-order valence-corrected chi connectivity index (χ1v) is 4.79. The molecule has 0 unspecified atom stereocenters. The van der Waals surface area contributed by atoms with Gasteiger partial charge in [-0.1, -0.05) is 6.92 Å². The molecule has 0 N–H and O–H groups in total. The third kappa shape index (κ3) is 0.516. The van der Waals surface area contributed by atoms with Crippen LogP contribution < -0.4 is 0 Å². The average Bonchev–Trinajstić information content (AvgIpc) is 2.10. The summed E-state index contributed by atoms with van der Waals surface area (Å²) in [5.41, 5.74) is 0.872. The van der Waals surface area contributed by atoms with Gasteiger partial charge in [0, 0.05) is 0 Å². The molecule has 4 bridgehead atoms. The highest BCUT2D eigenvalue weighted by atomic mass is 16.5. The molecule has 1 heteroatoms. The summed E-state index contributed by atoms with van der Waals surface area (Å²) in [6.45, 7) is 5.79. The number of ether oxygens (including phenoxy) is 1. The standard InChI is InChI=1S/C10H16O/c1-9-6-11-10(2)4-3-7(9)5-8(9)10/h7-8H,3-6H2,1-2H3/t7-,8+,9-,10+/m0/s1. The van der Waals surface area contributed by atoms with Gasteiger partial charge in [0.1, 0.15) is 0 Å². The lowest BCUT2D eigenvalue weighted by Gasteiger charge is -2.57. The number of fused-ring (bicyclic) bond motifs is 1. The molecule has 11 heavy (non-hydrogen) atoms. The molecule has 4 fully saturated rings. The van der Waals surface area contributed by atoms with Gasteiger partial charge >= 0.3 is 0 Å². The number of hydrogen-bond acceptors (Lipinski definition) is 1. The smallest absolute Gasteiger partial charge is 0.0689 e. The zero-order chi connectivity index (χ0) is 7.69. The van der Waals surface area contributed by atoms with Crippen LogP contribution in [0.25, 0.3) is 0 Å². The van der Waals surface area contributed by atoms with Crippen molar-refractivity contribution in [3.8, 4) is 0 Å². The Morgan fingerprint density at radius 1 is 1.36 bits per heavy atom. The van der Waals surface area contributed by atoms with Crippen molar-refractivity contribution in [2.75, 3.05) is 6.61 Å². The van der Waals surface area contributed by atoms with Crippen molar-refractivity contribution >= 4 is 0 Å². The highest BCUT2D eigenvalue weighted by Crippen LogP contribution is 2.68. The maximum absolute atomic E-state index is 5.92. The minimum absolute atomic E-state index is 0.281. The van der Waals surface area contributed by atoms with E-state index in [4.69, 9.17) is 4.74 Å². The molecule has 3 saturated carbocycles. The van der Waals surface area contributed by atoms with Gasteiger partial charge < -0.3 is 4.74 Å². The molecule has 0 aromatic carbocycles. The van der Waals surface area contributed by atoms with Crippen LogP contribution in [0.15, 0.2) is 0 Å². The van der Waals surface area contributed by atoms with E-state index < -0.39 is 0 Å². The molecule has 1 nitrogen and oxygen atoms in total. The number of rotatable bonds is 0. The molecule has 0 aromatic heterocycles. The van der Waals surface area contributed by atoms with Gasteiger partial charge in [0.2, 0.25) is 0 Å². The molecule has 0 radical (unpaired) electrons. The summed E-state index contributed by atoms with van der Waals surface area (Å²) in [5.74, 6) is 1.90. The summed E-state index contributed by atoms with van der Waals surface area (Å²) in [5, 5.41) is 0. The molecule has 0 spiro atoms. The Morgan fingerprint density at radius 2 is 2.18 bits per heavy atom. The molecule has 4 aliphatic rings. The second kappa shape index (κ2) is 1.52. The van der Waals surface area contributed by atoms with Crippen molar-refractivity contribution in [1.29, 1.82) is 0 Å². The van der Waals surface area contributed by atoms with Crippen LogP contribution >= 0.6 is 0 Å². The van der Waals surface area contributed by atoms with Crippen LogP contribution in [0.2, 0.25) is 0 Å². The molecule has 3 aliphatic carbocycles. The summed E-state index contributed by atoms with van der Waals surface area (Å²) < 4.78 is 5.92. The second-order valence-electron chi connectivity index (χ2n) is 5.13. The predicted octanol–water partition coefficient (Wildman–Crippen LogP) is 2.21. The van der Waals surface area contributed by atoms with Crippen molar-refractivity contribution in [3.05, 3.63) is 0 Å². The molecule has 0 aromatic rings. The van der Waals surface area contributed by atoms with E-state index in [9.17, 15) is 0 Å². The first kappa shape index (κ1) is 6.47. The molecular formula is C10H16O. The highest BCUT2D eigenvalue weighted by molar-refractivity contribution is 5.15. The van der Waals surface area contributed by atoms with Gasteiger partial charge in [0.15, 0.2) is 0 Å². The van der Waals surface area contributed by atoms with Crippen molar-refractivity contribution < 1.29 is 4.74 Å². The fraction of sp³-hybridized carbons (Fsp3) is 1.00. The quantitative estimate of drug-likeness (QED) is 0.517. The molecule has 62 valence electrons. The second-order valence-corrected chi connectivity index (χ2v) is 5.13. The molecular weight excluding hydrogens is 136 g/mol. The van der Waals surface area contributed by atoms with Gasteiger partial charge in [-0.05, 0) is 43.4 Å². The SMILES string of the molecule is C[C@]12CO[C@]3(C)CC[C@H]1C[C@H]23. The lowest BCUT2D eigenvalue weighted by atomic mass is 9.46. The largest absolute Gasteiger partial charge is 0.374 e. The summed E-state index contributed by atoms with van der Waals surface area (Å²) in [4.78, 5) is 0. The van der Waals surface area contributed by atoms with E-state index in [0.717, 1.165) is 18.4 Å². The minimum Gasteiger partial charge on any atom is -0.374 e. The molecule has 1 saturated heterocycles. The Bertz CT molecular complexity index is 201. The van der Waals surface area contributed by atoms with E-state index in [-0.39, 0.29) is 5.60 Å². The van der Waals surface area contributed by atoms with Crippen LogP contribution in [0.3, 0.4) is 0 Å². The van der Waals surface area contributed by atoms with Crippen LogP contribution in [0.1, 0.15) is 33.1 Å². The first-order valence-electron chi connectivity index (χ1n) is 4.79. The highest BCUT2D eigenvalue weighted by Gasteiger charge is 2.66. The van der Waals surface area contributed by atoms with Crippen LogP contribution in [0.5, 0.6) is 0 Å². The van der Waals surface area contributed by atoms with Crippen LogP contribution in [0.4, 0.5) is 0 Å². The zero-order valence-electron chi connectivity index (χ0n) is 7.39. The fourth-order valence-electron chi connectivity index (χ4n) is 3.69. The predicted molar refractivity (Wildman–Crippen MR) is 43.3 cm³/mol. The normalized spacial score (nSPS) is 66.0. The first-order chi connectivity index (χ1) is 5.15. The van der Waals surface area contributed by atoms with Crippen molar-refractivity contribution in [2.24, 2.45) is 17.3 Å². The monoisotopic (exact) mass is 152 g/mol. The zero-order valence-corrected chi connectivity index (χ0v) is 7.39. The van der Waals surface area contributed by atoms with Gasteiger partial charge in [-0.2, -0.15) is 0 Å². The Balaban J connectivity index is 2.05. The maximum atomic E-state index is 5.92. The van der Waals surface area contributed by atoms with Crippen LogP contribution in [-0.4, -0.2) is 12.2 Å². The van der Waals surface area contributed by atoms with E-state index in [1.807, 2.05) is 0 Å². The summed E-state index contributed by atoms with van der Waals surface area (Å²) >= 11 is 0. The fourth-order valence-corrected chi connectivity index (χ4v) is 3.69. The average molecular weight is 152 g/mol. The molecule has 1 aliphatic heterocycles. The Kier molecular flexibility index (Phi) is 0.893. The van der Waals surface area contributed by atoms with E-state index in [0.29, 0.717) is 5.41 Å². The number of hydrogen-bond donors (Lipinski definition) is 0. The Hall–Kier alpha value is -0.0400. The molecule has 4 atom stereocenters. The summed E-state index contributed by atoms with van der Waals surface area (Å²) in [6, 6.07) is 0. The van der Waals surface area contributed by atoms with Gasteiger partial charge in [-0.25, -0.2) is 0 Å². The molecule has 0 amide bonds. The molecule has 1 heterocycles.